The van der Waals surface area contributed by atoms with Crippen LogP contribution in [0.5, 0.6) is 0 Å². The largest absolute Gasteiger partial charge is 0.348 e. The number of nitrogens with zero attached hydrogens (tertiary/aromatic N) is 2. The van der Waals surface area contributed by atoms with E-state index in [2.05, 4.69) is 39.9 Å². The van der Waals surface area contributed by atoms with E-state index in [9.17, 15) is 19.2 Å². The molecular weight excluding hydrogens is 631 g/mol. The van der Waals surface area contributed by atoms with Crippen LogP contribution in [0.15, 0.2) is 44.0 Å². The second kappa shape index (κ2) is 12.1. The van der Waals surface area contributed by atoms with Crippen molar-refractivity contribution in [1.82, 2.24) is 39.9 Å². The molecule has 5 aromatic rings. The number of aromatic amines is 6. The summed E-state index contributed by atoms with van der Waals surface area (Å²) in [6.45, 7) is 12.0. The number of rotatable bonds is 4. The molecule has 1 aromatic carbocycles. The molecule has 4 aromatic heterocycles. The lowest BCUT2D eigenvalue weighted by Gasteiger charge is -2.16. The second-order valence-corrected chi connectivity index (χ2v) is 13.6. The van der Waals surface area contributed by atoms with E-state index >= 15 is 0 Å². The minimum absolute atomic E-state index is 0.0377. The lowest BCUT2D eigenvalue weighted by Crippen LogP contribution is -2.47. The fraction of sp³-hybridized carbons (Fsp3) is 0.250. The van der Waals surface area contributed by atoms with E-state index in [1.807, 2.05) is 41.5 Å². The highest BCUT2D eigenvalue weighted by Crippen LogP contribution is 2.26. The van der Waals surface area contributed by atoms with Crippen LogP contribution in [0.1, 0.15) is 75.4 Å². The molecule has 0 aliphatic rings. The zero-order chi connectivity index (χ0) is 33.6. The maximum atomic E-state index is 12.9. The second-order valence-electron chi connectivity index (χ2n) is 12.8. The molecule has 0 fully saturated rings. The molecule has 0 aliphatic carbocycles. The summed E-state index contributed by atoms with van der Waals surface area (Å²) in [5.41, 5.74) is 0.651. The third kappa shape index (κ3) is 6.82. The summed E-state index contributed by atoms with van der Waals surface area (Å²) in [6, 6.07) is 2.96. The van der Waals surface area contributed by atoms with Crippen molar-refractivity contribution in [3.05, 3.63) is 132 Å². The highest BCUT2D eigenvalue weighted by molar-refractivity contribution is 6.35. The summed E-state index contributed by atoms with van der Waals surface area (Å²) in [5, 5.41) is 0.333. The lowest BCUT2D eigenvalue weighted by atomic mass is 9.90. The van der Waals surface area contributed by atoms with Crippen molar-refractivity contribution in [2.75, 3.05) is 0 Å². The fourth-order valence-electron chi connectivity index (χ4n) is 4.81. The Balaban J connectivity index is 1.52. The monoisotopic (exact) mass is 662 g/mol. The van der Waals surface area contributed by atoms with Crippen molar-refractivity contribution in [3.8, 4) is 0 Å². The van der Waals surface area contributed by atoms with E-state index in [0.29, 0.717) is 22.5 Å². The predicted molar refractivity (Wildman–Crippen MR) is 179 cm³/mol. The van der Waals surface area contributed by atoms with Crippen LogP contribution in [0.3, 0.4) is 0 Å². The third-order valence-corrected chi connectivity index (χ3v) is 7.74. The molecule has 0 atom stereocenters. The number of nitrogens with one attached hydrogen (secondary N) is 6. The van der Waals surface area contributed by atoms with Crippen LogP contribution < -0.4 is 43.6 Å². The van der Waals surface area contributed by atoms with Crippen LogP contribution in [-0.2, 0) is 10.8 Å². The van der Waals surface area contributed by atoms with E-state index in [1.165, 1.54) is 49.1 Å². The molecule has 14 heteroatoms. The average Bonchev–Trinajstić information content (AvgIpc) is 3.62. The zero-order valence-corrected chi connectivity index (χ0v) is 27.4. The van der Waals surface area contributed by atoms with E-state index < -0.39 is 22.2 Å². The molecule has 0 saturated carbocycles. The zero-order valence-electron chi connectivity index (χ0n) is 25.9. The first-order valence-electron chi connectivity index (χ1n) is 14.2. The molecule has 5 rings (SSSR count). The SMILES string of the molecule is CC(C)(C)c1[nH]cnc1C=c1[nH]c(=O)/c(=C/c2cc(Cl)c(/C=c3\[nH]c(=O)/c(=C/c4nc[nH]c4C(C)(C)C)[nH]c3=O)cc2Cl)[nH]c1=O. The van der Waals surface area contributed by atoms with Crippen LogP contribution >= 0.6 is 23.2 Å². The quantitative estimate of drug-likeness (QED) is 0.167. The van der Waals surface area contributed by atoms with Crippen molar-refractivity contribution < 1.29 is 0 Å². The van der Waals surface area contributed by atoms with E-state index in [4.69, 9.17) is 23.2 Å². The summed E-state index contributed by atoms with van der Waals surface area (Å²) in [5.74, 6) is 0. The van der Waals surface area contributed by atoms with Gasteiger partial charge in [0.05, 0.1) is 24.0 Å². The van der Waals surface area contributed by atoms with Crippen molar-refractivity contribution in [2.45, 2.75) is 52.4 Å². The summed E-state index contributed by atoms with van der Waals surface area (Å²) in [4.78, 5) is 76.6. The Morgan fingerprint density at radius 1 is 0.543 bits per heavy atom. The molecule has 0 spiro atoms. The van der Waals surface area contributed by atoms with Crippen molar-refractivity contribution in [2.24, 2.45) is 0 Å². The molecule has 0 aliphatic heterocycles. The van der Waals surface area contributed by atoms with Crippen LogP contribution in [0, 0.1) is 0 Å². The summed E-state index contributed by atoms with van der Waals surface area (Å²) in [6.07, 6.45) is 8.84. The Labute approximate surface area is 270 Å². The fourth-order valence-corrected chi connectivity index (χ4v) is 5.26. The summed E-state index contributed by atoms with van der Waals surface area (Å²) < 4.78 is 0. The normalized spacial score (nSPS) is 14.1. The Bertz CT molecular complexity index is 2290. The Kier molecular flexibility index (Phi) is 8.54. The number of benzene rings is 1. The van der Waals surface area contributed by atoms with E-state index in [0.717, 1.165) is 11.4 Å². The van der Waals surface area contributed by atoms with Gasteiger partial charge in [0.2, 0.25) is 0 Å². The summed E-state index contributed by atoms with van der Waals surface area (Å²) in [7, 11) is 0. The number of aromatic nitrogens is 8. The van der Waals surface area contributed by atoms with Gasteiger partial charge in [-0.3, -0.25) is 19.2 Å². The molecule has 0 amide bonds. The molecule has 12 nitrogen and oxygen atoms in total. The maximum absolute atomic E-state index is 12.9. The minimum atomic E-state index is -0.563. The van der Waals surface area contributed by atoms with Crippen LogP contribution in [0.2, 0.25) is 10.0 Å². The molecule has 46 heavy (non-hydrogen) atoms. The third-order valence-electron chi connectivity index (χ3n) is 7.09. The minimum Gasteiger partial charge on any atom is -0.348 e. The lowest BCUT2D eigenvalue weighted by molar-refractivity contribution is 0.571. The van der Waals surface area contributed by atoms with Gasteiger partial charge in [0.25, 0.3) is 22.2 Å². The van der Waals surface area contributed by atoms with Gasteiger partial charge in [-0.25, -0.2) is 9.97 Å². The molecule has 0 bridgehead atoms. The smallest absolute Gasteiger partial charge is 0.272 e. The van der Waals surface area contributed by atoms with Gasteiger partial charge in [0.1, 0.15) is 21.4 Å². The van der Waals surface area contributed by atoms with Crippen molar-refractivity contribution >= 4 is 47.5 Å². The maximum Gasteiger partial charge on any atom is 0.272 e. The Hall–Kier alpha value is -4.94. The number of H-pyrrole nitrogens is 6. The molecule has 4 heterocycles. The van der Waals surface area contributed by atoms with Gasteiger partial charge in [0.15, 0.2) is 0 Å². The molecule has 0 radical (unpaired) electrons. The number of imidazole rings is 2. The molecule has 0 unspecified atom stereocenters. The molecular formula is C32H32Cl2N8O4. The molecule has 6 N–H and O–H groups in total. The van der Waals surface area contributed by atoms with Gasteiger partial charge in [-0.05, 0) is 47.6 Å². The highest BCUT2D eigenvalue weighted by atomic mass is 35.5. The number of hydrogen-bond donors (Lipinski definition) is 6. The van der Waals surface area contributed by atoms with Crippen LogP contribution in [0.4, 0.5) is 0 Å². The van der Waals surface area contributed by atoms with E-state index in [-0.39, 0.29) is 42.3 Å². The first kappa shape index (κ1) is 32.5. The van der Waals surface area contributed by atoms with Crippen molar-refractivity contribution in [3.63, 3.8) is 0 Å². The van der Waals surface area contributed by atoms with Gasteiger partial charge in [-0.2, -0.15) is 0 Å². The van der Waals surface area contributed by atoms with Crippen molar-refractivity contribution in [1.29, 1.82) is 0 Å². The first-order chi connectivity index (χ1) is 21.5. The van der Waals surface area contributed by atoms with Crippen LogP contribution in [0.25, 0.3) is 24.3 Å². The average molecular weight is 664 g/mol. The van der Waals surface area contributed by atoms with Gasteiger partial charge in [0, 0.05) is 32.3 Å². The first-order valence-corrected chi connectivity index (χ1v) is 15.0. The Morgan fingerprint density at radius 3 is 1.15 bits per heavy atom. The van der Waals surface area contributed by atoms with E-state index in [1.54, 1.807) is 0 Å². The van der Waals surface area contributed by atoms with Gasteiger partial charge < -0.3 is 29.9 Å². The molecule has 238 valence electrons. The Morgan fingerprint density at radius 2 is 0.848 bits per heavy atom. The van der Waals surface area contributed by atoms with Gasteiger partial charge >= 0.3 is 0 Å². The predicted octanol–water partition coefficient (Wildman–Crippen LogP) is 1.10. The highest BCUT2D eigenvalue weighted by Gasteiger charge is 2.20. The van der Waals surface area contributed by atoms with Gasteiger partial charge in [-0.15, -0.1) is 0 Å². The number of hydrogen-bond acceptors (Lipinski definition) is 6. The molecule has 0 saturated heterocycles. The topological polar surface area (TPSA) is 189 Å². The number of halogens is 2. The van der Waals surface area contributed by atoms with Gasteiger partial charge in [-0.1, -0.05) is 64.7 Å². The van der Waals surface area contributed by atoms with Crippen LogP contribution in [-0.4, -0.2) is 39.9 Å². The standard InChI is InChI=1S/C32H32Cl2N8O4/c1-31(2,3)25-19(35-13-37-25)11-23-29(45)39-21(27(43)41-23)9-15-7-18(34)16(8-17(15)33)10-22-28(44)42-24(30(46)40-22)12-20-26(32(4,5)6)38-14-36-20/h7-14H,1-6H3,(H,35,37)(H,36,38)(H,39,45)(H,40,46)(H,41,43)(H,42,44)/b21-9-,22-10-,23-11-,24-12?. The summed E-state index contributed by atoms with van der Waals surface area (Å²) >= 11 is 13.0.